The first kappa shape index (κ1) is 27.8. The topological polar surface area (TPSA) is 105 Å². The van der Waals surface area contributed by atoms with E-state index < -0.39 is 16.1 Å². The molecule has 1 fully saturated rings. The summed E-state index contributed by atoms with van der Waals surface area (Å²) in [5.74, 6) is 0.0890. The van der Waals surface area contributed by atoms with E-state index in [-0.39, 0.29) is 29.7 Å². The van der Waals surface area contributed by atoms with E-state index in [1.54, 1.807) is 35.2 Å². The highest BCUT2D eigenvalue weighted by Gasteiger charge is 2.33. The Bertz CT molecular complexity index is 1420. The monoisotopic (exact) mass is 563 g/mol. The fourth-order valence-corrected chi connectivity index (χ4v) is 6.25. The molecule has 2 aliphatic heterocycles. The lowest BCUT2D eigenvalue weighted by molar-refractivity contribution is -0.128. The average Bonchev–Trinajstić information content (AvgIpc) is 3.00. The van der Waals surface area contributed by atoms with Gasteiger partial charge in [0.2, 0.25) is 15.9 Å². The largest absolute Gasteiger partial charge is 0.477 e. The fraction of sp³-hybridized carbons (Fsp3) is 0.333. The maximum Gasteiger partial charge on any atom is 0.262 e. The number of nitrogens with zero attached hydrogens (tertiary/aromatic N) is 2. The summed E-state index contributed by atoms with van der Waals surface area (Å²) in [5, 5.41) is 2.93. The van der Waals surface area contributed by atoms with E-state index >= 15 is 0 Å². The Balaban J connectivity index is 1.20. The predicted molar refractivity (Wildman–Crippen MR) is 151 cm³/mol. The van der Waals surface area contributed by atoms with E-state index in [0.717, 1.165) is 11.1 Å². The maximum absolute atomic E-state index is 13.4. The number of morpholine rings is 1. The Kier molecular flexibility index (Phi) is 8.78. The van der Waals surface area contributed by atoms with Crippen molar-refractivity contribution in [1.29, 1.82) is 0 Å². The highest BCUT2D eigenvalue weighted by atomic mass is 32.2. The number of fused-ring (bicyclic) bond motifs is 1. The fourth-order valence-electron chi connectivity index (χ4n) is 4.85. The Morgan fingerprint density at radius 3 is 2.27 bits per heavy atom. The molecule has 0 radical (unpaired) electrons. The molecule has 1 N–H and O–H groups in total. The normalized spacial score (nSPS) is 17.5. The van der Waals surface area contributed by atoms with Crippen molar-refractivity contribution >= 4 is 27.5 Å². The number of carbonyl (C=O) groups is 2. The number of hydrogen-bond acceptors (Lipinski definition) is 6. The lowest BCUT2D eigenvalue weighted by atomic mass is 10.1. The zero-order chi connectivity index (χ0) is 28.0. The summed E-state index contributed by atoms with van der Waals surface area (Å²) in [7, 11) is -3.57. The van der Waals surface area contributed by atoms with Gasteiger partial charge in [0.25, 0.3) is 5.91 Å². The van der Waals surface area contributed by atoms with Crippen LogP contribution in [0.5, 0.6) is 5.75 Å². The molecular weight excluding hydrogens is 530 g/mol. The summed E-state index contributed by atoms with van der Waals surface area (Å²) in [6.07, 6.45) is 0.515. The molecule has 3 aromatic rings. The zero-order valence-corrected chi connectivity index (χ0v) is 23.0. The molecule has 5 rings (SSSR count). The number of hydrogen-bond donors (Lipinski definition) is 1. The standard InChI is InChI=1S/C30H33N3O6S/c34-29(15-12-24-10-13-25(14-11-24)40(36,37)32-18-20-38-21-19-32)33-22-28(39-27-9-5-4-8-26(27)33)30(35)31-17-16-23-6-2-1-3-7-23/h1-11,13-14,28H,12,15-22H2,(H,31,35). The van der Waals surface area contributed by atoms with Crippen molar-refractivity contribution in [1.82, 2.24) is 9.62 Å². The van der Waals surface area contributed by atoms with Crippen molar-refractivity contribution in [3.8, 4) is 5.75 Å². The second-order valence-electron chi connectivity index (χ2n) is 9.77. The van der Waals surface area contributed by atoms with E-state index in [1.807, 2.05) is 48.5 Å². The maximum atomic E-state index is 13.4. The van der Waals surface area contributed by atoms with Crippen LogP contribution in [-0.2, 0) is 37.2 Å². The highest BCUT2D eigenvalue weighted by molar-refractivity contribution is 7.89. The minimum absolute atomic E-state index is 0.115. The summed E-state index contributed by atoms with van der Waals surface area (Å²) >= 11 is 0. The molecule has 3 aromatic carbocycles. The van der Waals surface area contributed by atoms with E-state index in [2.05, 4.69) is 5.32 Å². The quantitative estimate of drug-likeness (QED) is 0.429. The van der Waals surface area contributed by atoms with Gasteiger partial charge >= 0.3 is 0 Å². The van der Waals surface area contributed by atoms with Crippen LogP contribution in [0.2, 0.25) is 0 Å². The number of sulfonamides is 1. The molecule has 10 heteroatoms. The number of amides is 2. The van der Waals surface area contributed by atoms with Gasteiger partial charge in [0.05, 0.1) is 30.3 Å². The van der Waals surface area contributed by atoms with E-state index in [9.17, 15) is 18.0 Å². The van der Waals surface area contributed by atoms with Crippen molar-refractivity contribution in [3.63, 3.8) is 0 Å². The molecule has 0 spiro atoms. The van der Waals surface area contributed by atoms with Crippen molar-refractivity contribution in [2.75, 3.05) is 44.3 Å². The molecule has 9 nitrogen and oxygen atoms in total. The SMILES string of the molecule is O=C(NCCc1ccccc1)C1CN(C(=O)CCc2ccc(S(=O)(=O)N3CCOCC3)cc2)c2ccccc2O1. The Labute approximate surface area is 234 Å². The highest BCUT2D eigenvalue weighted by Crippen LogP contribution is 2.33. The molecule has 1 atom stereocenters. The molecule has 2 amide bonds. The molecule has 2 heterocycles. The Morgan fingerprint density at radius 1 is 0.850 bits per heavy atom. The average molecular weight is 564 g/mol. The Hall–Kier alpha value is -3.73. The second-order valence-corrected chi connectivity index (χ2v) is 11.7. The Morgan fingerprint density at radius 2 is 1.52 bits per heavy atom. The van der Waals surface area contributed by atoms with Gasteiger partial charge in [-0.2, -0.15) is 4.31 Å². The predicted octanol–water partition coefficient (Wildman–Crippen LogP) is 2.79. The third-order valence-corrected chi connectivity index (χ3v) is 8.99. The molecule has 210 valence electrons. The summed E-state index contributed by atoms with van der Waals surface area (Å²) in [6.45, 7) is 2.04. The van der Waals surface area contributed by atoms with Crippen molar-refractivity contribution in [2.24, 2.45) is 0 Å². The molecule has 0 saturated carbocycles. The number of benzene rings is 3. The van der Waals surface area contributed by atoms with Gasteiger partial charge in [-0.15, -0.1) is 0 Å². The molecule has 0 aliphatic carbocycles. The van der Waals surface area contributed by atoms with Gasteiger partial charge in [0.15, 0.2) is 6.10 Å². The molecule has 1 saturated heterocycles. The van der Waals surface area contributed by atoms with Gasteiger partial charge in [-0.3, -0.25) is 9.59 Å². The minimum atomic E-state index is -3.57. The van der Waals surface area contributed by atoms with Crippen LogP contribution in [0.1, 0.15) is 17.5 Å². The van der Waals surface area contributed by atoms with Crippen molar-refractivity contribution < 1.29 is 27.5 Å². The lowest BCUT2D eigenvalue weighted by Crippen LogP contribution is -2.51. The first-order chi connectivity index (χ1) is 19.4. The molecule has 40 heavy (non-hydrogen) atoms. The smallest absolute Gasteiger partial charge is 0.262 e. The first-order valence-electron chi connectivity index (χ1n) is 13.5. The van der Waals surface area contributed by atoms with Crippen LogP contribution in [0.25, 0.3) is 0 Å². The lowest BCUT2D eigenvalue weighted by Gasteiger charge is -2.34. The number of anilines is 1. The summed E-state index contributed by atoms with van der Waals surface area (Å²) in [4.78, 5) is 28.1. The van der Waals surface area contributed by atoms with Crippen LogP contribution in [-0.4, -0.2) is 70.0 Å². The van der Waals surface area contributed by atoms with Crippen LogP contribution in [0.4, 0.5) is 5.69 Å². The summed E-state index contributed by atoms with van der Waals surface area (Å²) in [6, 6.07) is 23.8. The van der Waals surface area contributed by atoms with Crippen LogP contribution < -0.4 is 15.0 Å². The zero-order valence-electron chi connectivity index (χ0n) is 22.2. The molecule has 0 bridgehead atoms. The van der Waals surface area contributed by atoms with Crippen molar-refractivity contribution in [2.45, 2.75) is 30.3 Å². The van der Waals surface area contributed by atoms with Crippen LogP contribution in [0.3, 0.4) is 0 Å². The number of para-hydroxylation sites is 2. The van der Waals surface area contributed by atoms with Gasteiger partial charge in [0, 0.05) is 26.1 Å². The number of aryl methyl sites for hydroxylation is 1. The number of rotatable bonds is 9. The van der Waals surface area contributed by atoms with E-state index in [0.29, 0.717) is 57.1 Å². The van der Waals surface area contributed by atoms with Gasteiger partial charge in [-0.1, -0.05) is 54.6 Å². The van der Waals surface area contributed by atoms with Gasteiger partial charge in [0.1, 0.15) is 5.75 Å². The number of ether oxygens (including phenoxy) is 2. The molecule has 1 unspecified atom stereocenters. The minimum Gasteiger partial charge on any atom is -0.477 e. The number of carbonyl (C=O) groups excluding carboxylic acids is 2. The van der Waals surface area contributed by atoms with E-state index in [4.69, 9.17) is 9.47 Å². The van der Waals surface area contributed by atoms with Crippen molar-refractivity contribution in [3.05, 3.63) is 90.0 Å². The molecule has 0 aromatic heterocycles. The molecular formula is C30H33N3O6S. The third kappa shape index (κ3) is 6.52. The van der Waals surface area contributed by atoms with Gasteiger partial charge < -0.3 is 19.7 Å². The molecule has 2 aliphatic rings. The van der Waals surface area contributed by atoms with Crippen LogP contribution in [0.15, 0.2) is 83.8 Å². The summed E-state index contributed by atoms with van der Waals surface area (Å²) in [5.41, 5.74) is 2.61. The van der Waals surface area contributed by atoms with E-state index in [1.165, 1.54) is 4.31 Å². The van der Waals surface area contributed by atoms with Crippen LogP contribution in [0, 0.1) is 0 Å². The summed E-state index contributed by atoms with van der Waals surface area (Å²) < 4.78 is 38.4. The van der Waals surface area contributed by atoms with Gasteiger partial charge in [-0.05, 0) is 48.2 Å². The third-order valence-electron chi connectivity index (χ3n) is 7.08. The number of nitrogens with one attached hydrogen (secondary N) is 1. The first-order valence-corrected chi connectivity index (χ1v) is 14.9. The van der Waals surface area contributed by atoms with Crippen LogP contribution >= 0.6 is 0 Å². The second kappa shape index (κ2) is 12.6. The van der Waals surface area contributed by atoms with Gasteiger partial charge in [-0.25, -0.2) is 8.42 Å².